The standard InChI is InChI=1S/C12H20N2OS/c1-2-3-11(8-13)12(15)14-6-4-10-5-7-16-9-10/h5,7,9,11H,2-4,6,8,13H2,1H3,(H,14,15). The smallest absolute Gasteiger partial charge is 0.224 e. The monoisotopic (exact) mass is 240 g/mol. The lowest BCUT2D eigenvalue weighted by atomic mass is 10.0. The van der Waals surface area contributed by atoms with Gasteiger partial charge in [-0.15, -0.1) is 0 Å². The van der Waals surface area contributed by atoms with E-state index in [1.807, 2.05) is 0 Å². The van der Waals surface area contributed by atoms with E-state index in [1.165, 1.54) is 5.56 Å². The first-order chi connectivity index (χ1) is 7.77. The number of rotatable bonds is 7. The van der Waals surface area contributed by atoms with Crippen LogP contribution in [-0.4, -0.2) is 19.0 Å². The quantitative estimate of drug-likeness (QED) is 0.763. The Hall–Kier alpha value is -0.870. The van der Waals surface area contributed by atoms with Crippen LogP contribution < -0.4 is 11.1 Å². The highest BCUT2D eigenvalue weighted by atomic mass is 32.1. The van der Waals surface area contributed by atoms with Crippen LogP contribution in [0.5, 0.6) is 0 Å². The van der Waals surface area contributed by atoms with Crippen molar-refractivity contribution in [2.45, 2.75) is 26.2 Å². The molecule has 1 aromatic rings. The highest BCUT2D eigenvalue weighted by Crippen LogP contribution is 2.07. The molecule has 1 unspecified atom stereocenters. The van der Waals surface area contributed by atoms with Crippen molar-refractivity contribution in [2.75, 3.05) is 13.1 Å². The van der Waals surface area contributed by atoms with Crippen molar-refractivity contribution >= 4 is 17.2 Å². The highest BCUT2D eigenvalue weighted by Gasteiger charge is 2.14. The Balaban J connectivity index is 2.23. The van der Waals surface area contributed by atoms with E-state index in [0.717, 1.165) is 19.3 Å². The number of hydrogen-bond acceptors (Lipinski definition) is 3. The molecule has 0 saturated heterocycles. The average molecular weight is 240 g/mol. The summed E-state index contributed by atoms with van der Waals surface area (Å²) in [5, 5.41) is 7.10. The van der Waals surface area contributed by atoms with Crippen LogP contribution in [0.15, 0.2) is 16.8 Å². The topological polar surface area (TPSA) is 55.1 Å². The van der Waals surface area contributed by atoms with Crippen LogP contribution >= 0.6 is 11.3 Å². The van der Waals surface area contributed by atoms with Gasteiger partial charge in [0, 0.05) is 13.1 Å². The minimum Gasteiger partial charge on any atom is -0.355 e. The van der Waals surface area contributed by atoms with E-state index >= 15 is 0 Å². The van der Waals surface area contributed by atoms with Crippen LogP contribution in [0, 0.1) is 5.92 Å². The van der Waals surface area contributed by atoms with Crippen molar-refractivity contribution in [3.05, 3.63) is 22.4 Å². The average Bonchev–Trinajstić information content (AvgIpc) is 2.78. The van der Waals surface area contributed by atoms with Crippen LogP contribution in [-0.2, 0) is 11.2 Å². The van der Waals surface area contributed by atoms with Gasteiger partial charge in [0.15, 0.2) is 0 Å². The van der Waals surface area contributed by atoms with Crippen molar-refractivity contribution < 1.29 is 4.79 Å². The SMILES string of the molecule is CCCC(CN)C(=O)NCCc1ccsc1. The van der Waals surface area contributed by atoms with Gasteiger partial charge < -0.3 is 11.1 Å². The largest absolute Gasteiger partial charge is 0.355 e. The first-order valence-electron chi connectivity index (χ1n) is 5.76. The molecule has 1 aromatic heterocycles. The van der Waals surface area contributed by atoms with Crippen LogP contribution in [0.25, 0.3) is 0 Å². The lowest BCUT2D eigenvalue weighted by Crippen LogP contribution is -2.36. The maximum absolute atomic E-state index is 11.7. The molecule has 1 atom stereocenters. The lowest BCUT2D eigenvalue weighted by molar-refractivity contribution is -0.124. The molecule has 16 heavy (non-hydrogen) atoms. The summed E-state index contributed by atoms with van der Waals surface area (Å²) in [5.74, 6) is 0.0760. The predicted octanol–water partition coefficient (Wildman–Crippen LogP) is 1.78. The molecule has 0 aliphatic heterocycles. The summed E-state index contributed by atoms with van der Waals surface area (Å²) >= 11 is 1.68. The second-order valence-corrected chi connectivity index (χ2v) is 4.67. The zero-order chi connectivity index (χ0) is 11.8. The van der Waals surface area contributed by atoms with Crippen LogP contribution in [0.4, 0.5) is 0 Å². The van der Waals surface area contributed by atoms with Crippen LogP contribution in [0.1, 0.15) is 25.3 Å². The highest BCUT2D eigenvalue weighted by molar-refractivity contribution is 7.07. The Morgan fingerprint density at radius 3 is 3.00 bits per heavy atom. The van der Waals surface area contributed by atoms with Gasteiger partial charge in [0.1, 0.15) is 0 Å². The minimum atomic E-state index is -0.0209. The zero-order valence-electron chi connectivity index (χ0n) is 9.74. The third-order valence-electron chi connectivity index (χ3n) is 2.59. The summed E-state index contributed by atoms with van der Waals surface area (Å²) in [5.41, 5.74) is 6.85. The van der Waals surface area contributed by atoms with Gasteiger partial charge in [-0.3, -0.25) is 4.79 Å². The van der Waals surface area contributed by atoms with E-state index in [-0.39, 0.29) is 11.8 Å². The molecule has 0 aromatic carbocycles. The van der Waals surface area contributed by atoms with Gasteiger partial charge >= 0.3 is 0 Å². The zero-order valence-corrected chi connectivity index (χ0v) is 10.6. The molecule has 0 spiro atoms. The maximum Gasteiger partial charge on any atom is 0.224 e. The van der Waals surface area contributed by atoms with Gasteiger partial charge in [-0.05, 0) is 35.2 Å². The van der Waals surface area contributed by atoms with Crippen molar-refractivity contribution in [1.82, 2.24) is 5.32 Å². The van der Waals surface area contributed by atoms with Crippen molar-refractivity contribution in [3.8, 4) is 0 Å². The summed E-state index contributed by atoms with van der Waals surface area (Å²) in [6.07, 6.45) is 2.78. The minimum absolute atomic E-state index is 0.0209. The van der Waals surface area contributed by atoms with Crippen molar-refractivity contribution in [3.63, 3.8) is 0 Å². The van der Waals surface area contributed by atoms with Gasteiger partial charge in [-0.25, -0.2) is 0 Å². The predicted molar refractivity (Wildman–Crippen MR) is 68.5 cm³/mol. The Morgan fingerprint density at radius 2 is 2.44 bits per heavy atom. The van der Waals surface area contributed by atoms with Crippen molar-refractivity contribution in [1.29, 1.82) is 0 Å². The molecule has 4 heteroatoms. The summed E-state index contributed by atoms with van der Waals surface area (Å²) in [7, 11) is 0. The van der Waals surface area contributed by atoms with Gasteiger partial charge in [0.2, 0.25) is 5.91 Å². The van der Waals surface area contributed by atoms with Gasteiger partial charge in [0.25, 0.3) is 0 Å². The molecule has 90 valence electrons. The number of nitrogens with one attached hydrogen (secondary N) is 1. The summed E-state index contributed by atoms with van der Waals surface area (Å²) in [6.45, 7) is 3.22. The fourth-order valence-electron chi connectivity index (χ4n) is 1.61. The molecular weight excluding hydrogens is 220 g/mol. The van der Waals surface area contributed by atoms with E-state index in [0.29, 0.717) is 13.1 Å². The second kappa shape index (κ2) is 7.41. The molecule has 0 radical (unpaired) electrons. The van der Waals surface area contributed by atoms with E-state index in [9.17, 15) is 4.79 Å². The molecule has 0 aliphatic carbocycles. The number of carbonyl (C=O) groups excluding carboxylic acids is 1. The molecule has 1 heterocycles. The first-order valence-corrected chi connectivity index (χ1v) is 6.71. The number of carbonyl (C=O) groups is 1. The van der Waals surface area contributed by atoms with Gasteiger partial charge in [-0.1, -0.05) is 13.3 Å². The maximum atomic E-state index is 11.7. The molecule has 1 rings (SSSR count). The molecular formula is C12H20N2OS. The Bertz CT molecular complexity index is 298. The summed E-state index contributed by atoms with van der Waals surface area (Å²) in [4.78, 5) is 11.7. The molecule has 0 bridgehead atoms. The van der Waals surface area contributed by atoms with Gasteiger partial charge in [-0.2, -0.15) is 11.3 Å². The molecule has 0 aliphatic rings. The third-order valence-corrected chi connectivity index (χ3v) is 3.32. The molecule has 3 nitrogen and oxygen atoms in total. The Kier molecular flexibility index (Phi) is 6.11. The molecule has 0 fully saturated rings. The van der Waals surface area contributed by atoms with Crippen molar-refractivity contribution in [2.24, 2.45) is 11.7 Å². The number of amides is 1. The number of hydrogen-bond donors (Lipinski definition) is 2. The first kappa shape index (κ1) is 13.2. The number of nitrogens with two attached hydrogens (primary N) is 1. The molecule has 1 amide bonds. The fraction of sp³-hybridized carbons (Fsp3) is 0.583. The lowest BCUT2D eigenvalue weighted by Gasteiger charge is -2.13. The normalized spacial score (nSPS) is 12.4. The van der Waals surface area contributed by atoms with E-state index in [1.54, 1.807) is 11.3 Å². The second-order valence-electron chi connectivity index (χ2n) is 3.89. The summed E-state index contributed by atoms with van der Waals surface area (Å²) < 4.78 is 0. The fourth-order valence-corrected chi connectivity index (χ4v) is 2.32. The number of thiophene rings is 1. The third kappa shape index (κ3) is 4.33. The molecule has 0 saturated carbocycles. The van der Waals surface area contributed by atoms with Crippen LogP contribution in [0.2, 0.25) is 0 Å². The Morgan fingerprint density at radius 1 is 1.62 bits per heavy atom. The van der Waals surface area contributed by atoms with Crippen LogP contribution in [0.3, 0.4) is 0 Å². The summed E-state index contributed by atoms with van der Waals surface area (Å²) in [6, 6.07) is 2.09. The van der Waals surface area contributed by atoms with E-state index in [2.05, 4.69) is 29.1 Å². The molecule has 3 N–H and O–H groups in total. The van der Waals surface area contributed by atoms with Gasteiger partial charge in [0.05, 0.1) is 5.92 Å². The van der Waals surface area contributed by atoms with E-state index < -0.39 is 0 Å². The Labute approximate surface area is 101 Å². The van der Waals surface area contributed by atoms with E-state index in [4.69, 9.17) is 5.73 Å².